The first kappa shape index (κ1) is 17.8. The van der Waals surface area contributed by atoms with E-state index in [9.17, 15) is 14.4 Å². The van der Waals surface area contributed by atoms with Crippen molar-refractivity contribution in [1.82, 2.24) is 14.0 Å². The van der Waals surface area contributed by atoms with E-state index in [1.807, 2.05) is 9.80 Å². The molecule has 25 heavy (non-hydrogen) atoms. The van der Waals surface area contributed by atoms with Crippen LogP contribution in [0, 0.1) is 5.92 Å². The Labute approximate surface area is 147 Å². The lowest BCUT2D eigenvalue weighted by atomic mass is 10.0. The summed E-state index contributed by atoms with van der Waals surface area (Å²) in [5, 5.41) is 0. The van der Waals surface area contributed by atoms with Crippen molar-refractivity contribution < 1.29 is 4.79 Å². The van der Waals surface area contributed by atoms with Gasteiger partial charge in [0, 0.05) is 52.8 Å². The minimum atomic E-state index is -0.319. The van der Waals surface area contributed by atoms with Crippen LogP contribution in [0.25, 0.3) is 0 Å². The molecule has 1 aliphatic carbocycles. The zero-order valence-corrected chi connectivity index (χ0v) is 15.2. The Balaban J connectivity index is 1.68. The molecular formula is C18H28N4O3. The molecule has 7 heteroatoms. The van der Waals surface area contributed by atoms with Crippen LogP contribution in [0.5, 0.6) is 0 Å². The van der Waals surface area contributed by atoms with Gasteiger partial charge in [-0.15, -0.1) is 0 Å². The topological polar surface area (TPSA) is 67.5 Å². The van der Waals surface area contributed by atoms with Crippen LogP contribution in [0.1, 0.15) is 38.5 Å². The summed E-state index contributed by atoms with van der Waals surface area (Å²) in [6.45, 7) is 2.79. The van der Waals surface area contributed by atoms with Gasteiger partial charge >= 0.3 is 5.69 Å². The molecule has 0 radical (unpaired) electrons. The predicted octanol–water partition coefficient (Wildman–Crippen LogP) is 0.703. The highest BCUT2D eigenvalue weighted by molar-refractivity contribution is 5.76. The van der Waals surface area contributed by atoms with Gasteiger partial charge in [-0.2, -0.15) is 0 Å². The van der Waals surface area contributed by atoms with Gasteiger partial charge in [0.1, 0.15) is 5.82 Å². The smallest absolute Gasteiger partial charge is 0.332 e. The number of carbonyl (C=O) groups excluding carboxylic acids is 1. The maximum atomic E-state index is 12.6. The number of hydrogen-bond acceptors (Lipinski definition) is 4. The minimum absolute atomic E-state index is 0.256. The second-order valence-electron chi connectivity index (χ2n) is 7.32. The molecule has 1 aliphatic heterocycles. The van der Waals surface area contributed by atoms with Crippen molar-refractivity contribution in [2.24, 2.45) is 20.0 Å². The first-order valence-electron chi connectivity index (χ1n) is 9.27. The van der Waals surface area contributed by atoms with Crippen LogP contribution in [-0.2, 0) is 18.9 Å². The van der Waals surface area contributed by atoms with Gasteiger partial charge in [0.05, 0.1) is 0 Å². The molecule has 0 unspecified atom stereocenters. The van der Waals surface area contributed by atoms with Crippen molar-refractivity contribution in [1.29, 1.82) is 0 Å². The van der Waals surface area contributed by atoms with Gasteiger partial charge < -0.3 is 9.80 Å². The number of anilines is 1. The molecule has 0 atom stereocenters. The summed E-state index contributed by atoms with van der Waals surface area (Å²) in [5.41, 5.74) is -0.613. The van der Waals surface area contributed by atoms with E-state index < -0.39 is 0 Å². The summed E-state index contributed by atoms with van der Waals surface area (Å²) in [5.74, 6) is 1.45. The summed E-state index contributed by atoms with van der Waals surface area (Å²) in [6, 6.07) is 1.51. The second-order valence-corrected chi connectivity index (χ2v) is 7.32. The van der Waals surface area contributed by atoms with E-state index in [4.69, 9.17) is 0 Å². The van der Waals surface area contributed by atoms with Crippen LogP contribution in [0.3, 0.4) is 0 Å². The lowest BCUT2D eigenvalue weighted by Crippen LogP contribution is -2.41. The van der Waals surface area contributed by atoms with Crippen LogP contribution in [0.15, 0.2) is 15.7 Å². The molecule has 1 saturated heterocycles. The molecule has 2 heterocycles. The van der Waals surface area contributed by atoms with Gasteiger partial charge in [0.2, 0.25) is 5.91 Å². The molecule has 1 saturated carbocycles. The van der Waals surface area contributed by atoms with E-state index >= 15 is 0 Å². The molecule has 0 bridgehead atoms. The molecule has 2 fully saturated rings. The van der Waals surface area contributed by atoms with E-state index in [0.717, 1.165) is 24.1 Å². The van der Waals surface area contributed by atoms with Crippen molar-refractivity contribution in [3.05, 3.63) is 26.9 Å². The van der Waals surface area contributed by atoms with Gasteiger partial charge in [0.15, 0.2) is 0 Å². The maximum Gasteiger partial charge on any atom is 0.332 e. The summed E-state index contributed by atoms with van der Waals surface area (Å²) < 4.78 is 2.62. The molecule has 1 aromatic rings. The van der Waals surface area contributed by atoms with Crippen LogP contribution >= 0.6 is 0 Å². The largest absolute Gasteiger partial charge is 0.356 e. The molecule has 3 rings (SSSR count). The SMILES string of the molecule is Cn1c(N2CCCN(C(=O)CC3CCCC3)CC2)cc(=O)n(C)c1=O. The van der Waals surface area contributed by atoms with Crippen molar-refractivity contribution in [2.45, 2.75) is 38.5 Å². The maximum absolute atomic E-state index is 12.6. The summed E-state index contributed by atoms with van der Waals surface area (Å²) >= 11 is 0. The lowest BCUT2D eigenvalue weighted by molar-refractivity contribution is -0.131. The summed E-state index contributed by atoms with van der Waals surface area (Å²) in [7, 11) is 3.17. The van der Waals surface area contributed by atoms with Crippen molar-refractivity contribution in [2.75, 3.05) is 31.1 Å². The van der Waals surface area contributed by atoms with Crippen LogP contribution in [0.2, 0.25) is 0 Å². The number of carbonyl (C=O) groups is 1. The van der Waals surface area contributed by atoms with E-state index in [-0.39, 0.29) is 17.2 Å². The van der Waals surface area contributed by atoms with Crippen molar-refractivity contribution in [3.8, 4) is 0 Å². The number of hydrogen-bond donors (Lipinski definition) is 0. The molecule has 0 N–H and O–H groups in total. The van der Waals surface area contributed by atoms with Gasteiger partial charge in [0.25, 0.3) is 5.56 Å². The van der Waals surface area contributed by atoms with Gasteiger partial charge in [-0.25, -0.2) is 4.79 Å². The Morgan fingerprint density at radius 2 is 1.72 bits per heavy atom. The van der Waals surface area contributed by atoms with E-state index in [0.29, 0.717) is 31.2 Å². The predicted molar refractivity (Wildman–Crippen MR) is 96.9 cm³/mol. The average molecular weight is 348 g/mol. The fraction of sp³-hybridized carbons (Fsp3) is 0.722. The fourth-order valence-corrected chi connectivity index (χ4v) is 4.01. The van der Waals surface area contributed by atoms with Gasteiger partial charge in [-0.1, -0.05) is 12.8 Å². The molecule has 0 aromatic carbocycles. The Hall–Kier alpha value is -2.05. The van der Waals surface area contributed by atoms with Crippen LogP contribution in [0.4, 0.5) is 5.82 Å². The average Bonchev–Trinajstić information content (AvgIpc) is 2.98. The van der Waals surface area contributed by atoms with Gasteiger partial charge in [-0.05, 0) is 25.2 Å². The molecular weight excluding hydrogens is 320 g/mol. The fourth-order valence-electron chi connectivity index (χ4n) is 4.01. The van der Waals surface area contributed by atoms with E-state index in [2.05, 4.69) is 0 Å². The first-order valence-corrected chi connectivity index (χ1v) is 9.27. The molecule has 7 nitrogen and oxygen atoms in total. The first-order chi connectivity index (χ1) is 12.0. The van der Waals surface area contributed by atoms with E-state index in [1.165, 1.54) is 43.4 Å². The Kier molecular flexibility index (Phi) is 5.30. The monoisotopic (exact) mass is 348 g/mol. The Morgan fingerprint density at radius 1 is 1.00 bits per heavy atom. The molecule has 0 spiro atoms. The minimum Gasteiger partial charge on any atom is -0.356 e. The molecule has 2 aliphatic rings. The third-order valence-electron chi connectivity index (χ3n) is 5.61. The number of rotatable bonds is 3. The zero-order valence-electron chi connectivity index (χ0n) is 15.2. The van der Waals surface area contributed by atoms with Crippen LogP contribution in [-0.4, -0.2) is 46.1 Å². The zero-order chi connectivity index (χ0) is 18.0. The quantitative estimate of drug-likeness (QED) is 0.807. The third-order valence-corrected chi connectivity index (χ3v) is 5.61. The Morgan fingerprint density at radius 3 is 2.44 bits per heavy atom. The highest BCUT2D eigenvalue weighted by atomic mass is 16.2. The van der Waals surface area contributed by atoms with Crippen molar-refractivity contribution >= 4 is 11.7 Å². The number of nitrogens with zero attached hydrogens (tertiary/aromatic N) is 4. The molecule has 138 valence electrons. The highest BCUT2D eigenvalue weighted by Gasteiger charge is 2.24. The lowest BCUT2D eigenvalue weighted by Gasteiger charge is -2.25. The highest BCUT2D eigenvalue weighted by Crippen LogP contribution is 2.28. The number of aromatic nitrogens is 2. The normalized spacial score (nSPS) is 19.3. The third kappa shape index (κ3) is 3.80. The van der Waals surface area contributed by atoms with Gasteiger partial charge in [-0.3, -0.25) is 18.7 Å². The summed E-state index contributed by atoms with van der Waals surface area (Å²) in [4.78, 5) is 40.7. The number of amides is 1. The molecule has 1 amide bonds. The summed E-state index contributed by atoms with van der Waals surface area (Å²) in [6.07, 6.45) is 6.39. The standard InChI is InChI=1S/C18H28N4O3/c1-19-15(13-16(23)20(2)18(19)25)21-8-5-9-22(11-10-21)17(24)12-14-6-3-4-7-14/h13-14H,3-12H2,1-2H3. The molecule has 1 aromatic heterocycles. The second kappa shape index (κ2) is 7.45. The van der Waals surface area contributed by atoms with E-state index in [1.54, 1.807) is 7.05 Å². The van der Waals surface area contributed by atoms with Crippen LogP contribution < -0.4 is 16.1 Å². The van der Waals surface area contributed by atoms with Crippen molar-refractivity contribution in [3.63, 3.8) is 0 Å². The Bertz CT molecular complexity index is 746.